The van der Waals surface area contributed by atoms with E-state index < -0.39 is 0 Å². The van der Waals surface area contributed by atoms with Crippen molar-refractivity contribution in [1.29, 1.82) is 0 Å². The number of nitrogens with zero attached hydrogens (tertiary/aromatic N) is 3. The molecule has 18 heavy (non-hydrogen) atoms. The smallest absolute Gasteiger partial charge is 0.134 e. The molecule has 3 N–H and O–H groups in total. The van der Waals surface area contributed by atoms with Crippen LogP contribution in [0.2, 0.25) is 0 Å². The SMILES string of the molecule is CCN(CC)c1cc(NC(C)(C)CN)nc(C)n1. The third-order valence-electron chi connectivity index (χ3n) is 2.89. The first-order chi connectivity index (χ1) is 8.41. The fourth-order valence-corrected chi connectivity index (χ4v) is 1.72. The summed E-state index contributed by atoms with van der Waals surface area (Å²) < 4.78 is 0. The summed E-state index contributed by atoms with van der Waals surface area (Å²) in [6, 6.07) is 1.98. The molecule has 0 fully saturated rings. The number of rotatable bonds is 6. The molecule has 0 saturated carbocycles. The Morgan fingerprint density at radius 2 is 1.89 bits per heavy atom. The van der Waals surface area contributed by atoms with Gasteiger partial charge in [0.2, 0.25) is 0 Å². The van der Waals surface area contributed by atoms with Crippen LogP contribution in [0.25, 0.3) is 0 Å². The first-order valence-corrected chi connectivity index (χ1v) is 6.50. The predicted octanol–water partition coefficient (Wildman–Crippen LogP) is 1.78. The molecule has 0 spiro atoms. The van der Waals surface area contributed by atoms with E-state index in [0.29, 0.717) is 6.54 Å². The Labute approximate surface area is 110 Å². The fourth-order valence-electron chi connectivity index (χ4n) is 1.72. The van der Waals surface area contributed by atoms with Gasteiger partial charge >= 0.3 is 0 Å². The second-order valence-electron chi connectivity index (χ2n) is 5.04. The monoisotopic (exact) mass is 251 g/mol. The highest BCUT2D eigenvalue weighted by Crippen LogP contribution is 2.18. The number of aryl methyl sites for hydroxylation is 1. The summed E-state index contributed by atoms with van der Waals surface area (Å²) in [6.07, 6.45) is 0. The normalized spacial score (nSPS) is 11.4. The maximum Gasteiger partial charge on any atom is 0.134 e. The second-order valence-corrected chi connectivity index (χ2v) is 5.04. The van der Waals surface area contributed by atoms with Gasteiger partial charge in [-0.05, 0) is 34.6 Å². The van der Waals surface area contributed by atoms with Gasteiger partial charge in [-0.1, -0.05) is 0 Å². The lowest BCUT2D eigenvalue weighted by Gasteiger charge is -2.26. The molecule has 0 unspecified atom stereocenters. The molecular formula is C13H25N5. The zero-order valence-corrected chi connectivity index (χ0v) is 12.1. The molecule has 0 atom stereocenters. The van der Waals surface area contributed by atoms with Crippen molar-refractivity contribution >= 4 is 11.6 Å². The van der Waals surface area contributed by atoms with Crippen LogP contribution in [0.3, 0.4) is 0 Å². The van der Waals surface area contributed by atoms with Crippen molar-refractivity contribution in [1.82, 2.24) is 9.97 Å². The molecule has 0 aromatic carbocycles. The second kappa shape index (κ2) is 6.00. The highest BCUT2D eigenvalue weighted by Gasteiger charge is 2.16. The van der Waals surface area contributed by atoms with Gasteiger partial charge in [-0.15, -0.1) is 0 Å². The molecule has 102 valence electrons. The summed E-state index contributed by atoms with van der Waals surface area (Å²) in [5.41, 5.74) is 5.56. The first-order valence-electron chi connectivity index (χ1n) is 6.50. The number of nitrogens with two attached hydrogens (primary N) is 1. The summed E-state index contributed by atoms with van der Waals surface area (Å²) >= 11 is 0. The van der Waals surface area contributed by atoms with Gasteiger partial charge in [0.1, 0.15) is 17.5 Å². The van der Waals surface area contributed by atoms with Crippen molar-refractivity contribution in [2.45, 2.75) is 40.2 Å². The summed E-state index contributed by atoms with van der Waals surface area (Å²) in [7, 11) is 0. The van der Waals surface area contributed by atoms with Crippen molar-refractivity contribution in [3.05, 3.63) is 11.9 Å². The molecule has 0 amide bonds. The van der Waals surface area contributed by atoms with E-state index >= 15 is 0 Å². The molecule has 0 aliphatic carbocycles. The van der Waals surface area contributed by atoms with E-state index in [-0.39, 0.29) is 5.54 Å². The van der Waals surface area contributed by atoms with E-state index in [0.717, 1.165) is 30.5 Å². The molecular weight excluding hydrogens is 226 g/mol. The number of aromatic nitrogens is 2. The minimum absolute atomic E-state index is 0.165. The number of nitrogens with one attached hydrogen (secondary N) is 1. The van der Waals surface area contributed by atoms with Crippen molar-refractivity contribution < 1.29 is 0 Å². The van der Waals surface area contributed by atoms with Crippen LogP contribution in [0, 0.1) is 6.92 Å². The zero-order valence-electron chi connectivity index (χ0n) is 12.1. The maximum atomic E-state index is 5.73. The molecule has 5 nitrogen and oxygen atoms in total. The molecule has 5 heteroatoms. The van der Waals surface area contributed by atoms with Gasteiger partial charge in [0.25, 0.3) is 0 Å². The molecule has 0 bridgehead atoms. The van der Waals surface area contributed by atoms with Gasteiger partial charge in [-0.3, -0.25) is 0 Å². The minimum Gasteiger partial charge on any atom is -0.364 e. The third-order valence-corrected chi connectivity index (χ3v) is 2.89. The van der Waals surface area contributed by atoms with Crippen molar-refractivity contribution in [2.75, 3.05) is 29.9 Å². The van der Waals surface area contributed by atoms with E-state index in [1.807, 2.05) is 13.0 Å². The number of anilines is 2. The van der Waals surface area contributed by atoms with Gasteiger partial charge in [0.05, 0.1) is 0 Å². The molecule has 1 aromatic rings. The summed E-state index contributed by atoms with van der Waals surface area (Å²) in [4.78, 5) is 11.1. The molecule has 1 aromatic heterocycles. The van der Waals surface area contributed by atoms with Gasteiger partial charge in [-0.2, -0.15) is 0 Å². The average Bonchev–Trinajstić information content (AvgIpc) is 2.29. The first kappa shape index (κ1) is 14.7. The summed E-state index contributed by atoms with van der Waals surface area (Å²) in [5.74, 6) is 2.57. The van der Waals surface area contributed by atoms with Crippen molar-refractivity contribution in [2.24, 2.45) is 5.73 Å². The van der Waals surface area contributed by atoms with E-state index in [2.05, 4.69) is 47.9 Å². The minimum atomic E-state index is -0.165. The Hall–Kier alpha value is -1.36. The highest BCUT2D eigenvalue weighted by molar-refractivity contribution is 5.50. The fraction of sp³-hybridized carbons (Fsp3) is 0.692. The van der Waals surface area contributed by atoms with Crippen LogP contribution in [0.5, 0.6) is 0 Å². The number of hydrogen-bond donors (Lipinski definition) is 2. The van der Waals surface area contributed by atoms with Crippen LogP contribution in [0.4, 0.5) is 11.6 Å². The molecule has 0 radical (unpaired) electrons. The van der Waals surface area contributed by atoms with E-state index in [1.165, 1.54) is 0 Å². The van der Waals surface area contributed by atoms with Crippen LogP contribution in [0.1, 0.15) is 33.5 Å². The van der Waals surface area contributed by atoms with Gasteiger partial charge in [-0.25, -0.2) is 9.97 Å². The van der Waals surface area contributed by atoms with Gasteiger partial charge in [0.15, 0.2) is 0 Å². The Morgan fingerprint density at radius 3 is 2.39 bits per heavy atom. The third kappa shape index (κ3) is 3.84. The van der Waals surface area contributed by atoms with Crippen LogP contribution in [-0.4, -0.2) is 35.1 Å². The summed E-state index contributed by atoms with van der Waals surface area (Å²) in [6.45, 7) is 12.7. The Kier molecular flexibility index (Phi) is 4.90. The predicted molar refractivity (Wildman–Crippen MR) is 77.1 cm³/mol. The topological polar surface area (TPSA) is 67.1 Å². The van der Waals surface area contributed by atoms with Crippen LogP contribution < -0.4 is 16.0 Å². The molecule has 1 heterocycles. The van der Waals surface area contributed by atoms with E-state index in [1.54, 1.807) is 0 Å². The lowest BCUT2D eigenvalue weighted by molar-refractivity contribution is 0.576. The van der Waals surface area contributed by atoms with E-state index in [4.69, 9.17) is 5.73 Å². The molecule has 0 aliphatic rings. The van der Waals surface area contributed by atoms with Crippen LogP contribution in [-0.2, 0) is 0 Å². The van der Waals surface area contributed by atoms with Crippen LogP contribution in [0.15, 0.2) is 6.07 Å². The standard InChI is InChI=1S/C13H25N5/c1-6-18(7-2)12-8-11(15-10(3)16-12)17-13(4,5)9-14/h8H,6-7,9,14H2,1-5H3,(H,15,16,17). The lowest BCUT2D eigenvalue weighted by atomic mass is 10.1. The quantitative estimate of drug-likeness (QED) is 0.806. The van der Waals surface area contributed by atoms with Gasteiger partial charge in [0, 0.05) is 31.2 Å². The van der Waals surface area contributed by atoms with Crippen molar-refractivity contribution in [3.63, 3.8) is 0 Å². The van der Waals surface area contributed by atoms with Crippen LogP contribution >= 0.6 is 0 Å². The Balaban J connectivity index is 3.00. The largest absolute Gasteiger partial charge is 0.364 e. The highest BCUT2D eigenvalue weighted by atomic mass is 15.2. The maximum absolute atomic E-state index is 5.73. The summed E-state index contributed by atoms with van der Waals surface area (Å²) in [5, 5.41) is 3.35. The molecule has 0 aliphatic heterocycles. The zero-order chi connectivity index (χ0) is 13.8. The van der Waals surface area contributed by atoms with E-state index in [9.17, 15) is 0 Å². The number of hydrogen-bond acceptors (Lipinski definition) is 5. The Bertz CT molecular complexity index is 385. The molecule has 1 rings (SSSR count). The van der Waals surface area contributed by atoms with Gasteiger partial charge < -0.3 is 16.0 Å². The lowest BCUT2D eigenvalue weighted by Crippen LogP contribution is -2.39. The molecule has 0 saturated heterocycles. The average molecular weight is 251 g/mol. The Morgan fingerprint density at radius 1 is 1.28 bits per heavy atom. The van der Waals surface area contributed by atoms with Crippen molar-refractivity contribution in [3.8, 4) is 0 Å².